The minimum absolute atomic E-state index is 0.195. The molecule has 0 saturated heterocycles. The van der Waals surface area contributed by atoms with E-state index < -0.39 is 12.3 Å². The average molecular weight is 251 g/mol. The molecule has 103 valence electrons. The Morgan fingerprint density at radius 3 is 2.06 bits per heavy atom. The molecular formula is C11H23O6. The zero-order valence-corrected chi connectivity index (χ0v) is 11.1. The topological polar surface area (TPSA) is 66.1 Å². The summed E-state index contributed by atoms with van der Waals surface area (Å²) in [5.74, 6) is -1.39. The highest BCUT2D eigenvalue weighted by molar-refractivity contribution is 4.63. The van der Waals surface area contributed by atoms with Crippen molar-refractivity contribution in [2.24, 2.45) is 0 Å². The average Bonchev–Trinajstić information content (AvgIpc) is 2.34. The van der Waals surface area contributed by atoms with Crippen LogP contribution in [-0.4, -0.2) is 52.9 Å². The first-order valence-corrected chi connectivity index (χ1v) is 5.76. The van der Waals surface area contributed by atoms with Crippen LogP contribution in [-0.2, 0) is 28.8 Å². The highest BCUT2D eigenvalue weighted by atomic mass is 16.9. The van der Waals surface area contributed by atoms with Crippen LogP contribution in [0.5, 0.6) is 0 Å². The molecular weight excluding hydrogens is 228 g/mol. The van der Waals surface area contributed by atoms with Crippen LogP contribution in [0.2, 0.25) is 0 Å². The lowest BCUT2D eigenvalue weighted by molar-refractivity contribution is -0.445. The fraction of sp³-hybridized carbons (Fsp3) is 1.00. The van der Waals surface area contributed by atoms with Crippen LogP contribution in [0.3, 0.4) is 0 Å². The molecule has 0 heterocycles. The molecule has 0 fully saturated rings. The molecule has 1 atom stereocenters. The second-order valence-electron chi connectivity index (χ2n) is 3.17. The van der Waals surface area contributed by atoms with Gasteiger partial charge in [-0.2, -0.15) is 0 Å². The lowest BCUT2D eigenvalue weighted by Crippen LogP contribution is -2.51. The summed E-state index contributed by atoms with van der Waals surface area (Å²) in [6, 6.07) is 0. The van der Waals surface area contributed by atoms with Crippen LogP contribution in [0.15, 0.2) is 0 Å². The maximum absolute atomic E-state index is 10.4. The van der Waals surface area contributed by atoms with E-state index in [0.717, 1.165) is 0 Å². The van der Waals surface area contributed by atoms with Crippen molar-refractivity contribution in [3.8, 4) is 0 Å². The third-order valence-corrected chi connectivity index (χ3v) is 2.04. The van der Waals surface area contributed by atoms with Crippen molar-refractivity contribution in [1.29, 1.82) is 0 Å². The predicted molar refractivity (Wildman–Crippen MR) is 59.9 cm³/mol. The normalized spacial score (nSPS) is 13.9. The molecule has 6 heteroatoms. The summed E-state index contributed by atoms with van der Waals surface area (Å²) in [7, 11) is 2.92. The van der Waals surface area contributed by atoms with Gasteiger partial charge in [-0.3, -0.25) is 0 Å². The zero-order valence-electron chi connectivity index (χ0n) is 11.1. The number of hydrogen-bond acceptors (Lipinski definition) is 5. The molecule has 0 aliphatic rings. The summed E-state index contributed by atoms with van der Waals surface area (Å²) in [5.41, 5.74) is 0. The molecule has 0 aliphatic heterocycles. The van der Waals surface area contributed by atoms with Crippen molar-refractivity contribution in [2.75, 3.05) is 40.6 Å². The van der Waals surface area contributed by atoms with Crippen molar-refractivity contribution < 1.29 is 28.8 Å². The second-order valence-corrected chi connectivity index (χ2v) is 3.17. The Kier molecular flexibility index (Phi) is 9.62. The molecule has 0 aromatic carbocycles. The number of hydrogen-bond donors (Lipinski definition) is 0. The molecule has 0 bridgehead atoms. The number of methoxy groups -OCH3 is 2. The lowest BCUT2D eigenvalue weighted by Gasteiger charge is -2.36. The van der Waals surface area contributed by atoms with E-state index in [1.807, 2.05) is 13.8 Å². The molecule has 1 radical (unpaired) electrons. The molecule has 0 amide bonds. The van der Waals surface area contributed by atoms with E-state index in [1.54, 1.807) is 0 Å². The smallest absolute Gasteiger partial charge is 0.337 e. The maximum atomic E-state index is 10.4. The monoisotopic (exact) mass is 251 g/mol. The first-order chi connectivity index (χ1) is 8.20. The first-order valence-electron chi connectivity index (χ1n) is 5.76. The molecule has 1 unspecified atom stereocenters. The molecule has 0 aliphatic carbocycles. The zero-order chi connectivity index (χ0) is 13.1. The second kappa shape index (κ2) is 9.76. The van der Waals surface area contributed by atoms with Gasteiger partial charge in [0.25, 0.3) is 0 Å². The Bertz CT molecular complexity index is 169. The maximum Gasteiger partial charge on any atom is 0.337 e. The van der Waals surface area contributed by atoms with E-state index in [9.17, 15) is 5.11 Å². The van der Waals surface area contributed by atoms with Crippen LogP contribution < -0.4 is 0 Å². The fourth-order valence-corrected chi connectivity index (χ4v) is 1.36. The number of rotatable bonds is 11. The molecule has 6 nitrogen and oxygen atoms in total. The van der Waals surface area contributed by atoms with E-state index in [1.165, 1.54) is 14.2 Å². The van der Waals surface area contributed by atoms with E-state index in [0.29, 0.717) is 19.6 Å². The molecule has 17 heavy (non-hydrogen) atoms. The highest BCUT2D eigenvalue weighted by Crippen LogP contribution is 2.23. The summed E-state index contributed by atoms with van der Waals surface area (Å²) < 4.78 is 26.6. The van der Waals surface area contributed by atoms with E-state index in [4.69, 9.17) is 23.7 Å². The van der Waals surface area contributed by atoms with Gasteiger partial charge in [-0.05, 0) is 20.3 Å². The highest BCUT2D eigenvalue weighted by Gasteiger charge is 2.43. The van der Waals surface area contributed by atoms with Gasteiger partial charge in [0.1, 0.15) is 0 Å². The summed E-state index contributed by atoms with van der Waals surface area (Å²) >= 11 is 0. The van der Waals surface area contributed by atoms with Crippen LogP contribution >= 0.6 is 0 Å². The first kappa shape index (κ1) is 16.8. The van der Waals surface area contributed by atoms with Crippen molar-refractivity contribution in [3.63, 3.8) is 0 Å². The molecule has 0 rings (SSSR count). The molecule has 0 saturated carbocycles. The summed E-state index contributed by atoms with van der Waals surface area (Å²) in [5, 5.41) is 10.4. The van der Waals surface area contributed by atoms with Crippen LogP contribution in [0, 0.1) is 0 Å². The van der Waals surface area contributed by atoms with Crippen LogP contribution in [0.25, 0.3) is 0 Å². The molecule has 0 N–H and O–H groups in total. The SMILES string of the molecule is CCOC(OC)(OCC)C(OC)OCCC[O]. The largest absolute Gasteiger partial charge is 0.349 e. The van der Waals surface area contributed by atoms with Crippen LogP contribution in [0.1, 0.15) is 20.3 Å². The van der Waals surface area contributed by atoms with Gasteiger partial charge in [0, 0.05) is 27.4 Å². The van der Waals surface area contributed by atoms with Gasteiger partial charge in [-0.15, -0.1) is 0 Å². The predicted octanol–water partition coefficient (Wildman–Crippen LogP) is 1.17. The van der Waals surface area contributed by atoms with Gasteiger partial charge in [-0.25, -0.2) is 5.11 Å². The van der Waals surface area contributed by atoms with E-state index >= 15 is 0 Å². The third-order valence-electron chi connectivity index (χ3n) is 2.04. The standard InChI is InChI=1S/C11H23O6/c1-5-16-11(14-4,17-6-2)10(13-3)15-9-7-8-12/h10H,5-9H2,1-4H3. The van der Waals surface area contributed by atoms with Gasteiger partial charge in [0.15, 0.2) is 0 Å². The van der Waals surface area contributed by atoms with Crippen LogP contribution in [0.4, 0.5) is 0 Å². The van der Waals surface area contributed by atoms with Gasteiger partial charge in [-0.1, -0.05) is 0 Å². The molecule has 0 spiro atoms. The fourth-order valence-electron chi connectivity index (χ4n) is 1.36. The van der Waals surface area contributed by atoms with Crippen molar-refractivity contribution in [2.45, 2.75) is 32.5 Å². The van der Waals surface area contributed by atoms with Crippen molar-refractivity contribution in [3.05, 3.63) is 0 Å². The minimum Gasteiger partial charge on any atom is -0.349 e. The van der Waals surface area contributed by atoms with Crippen molar-refractivity contribution >= 4 is 0 Å². The van der Waals surface area contributed by atoms with E-state index in [2.05, 4.69) is 0 Å². The molecule has 0 aromatic rings. The minimum atomic E-state index is -1.39. The lowest BCUT2D eigenvalue weighted by atomic mass is 10.4. The quantitative estimate of drug-likeness (QED) is 0.407. The summed E-state index contributed by atoms with van der Waals surface area (Å²) in [6.45, 7) is 4.48. The number of ether oxygens (including phenoxy) is 5. The Balaban J connectivity index is 4.56. The van der Waals surface area contributed by atoms with Gasteiger partial charge >= 0.3 is 5.97 Å². The molecule has 0 aromatic heterocycles. The van der Waals surface area contributed by atoms with E-state index in [-0.39, 0.29) is 13.2 Å². The van der Waals surface area contributed by atoms with Gasteiger partial charge in [0.2, 0.25) is 6.29 Å². The Morgan fingerprint density at radius 2 is 1.71 bits per heavy atom. The van der Waals surface area contributed by atoms with Crippen molar-refractivity contribution in [1.82, 2.24) is 0 Å². The summed E-state index contributed by atoms with van der Waals surface area (Å²) in [6.07, 6.45) is -0.434. The van der Waals surface area contributed by atoms with Gasteiger partial charge in [0.05, 0.1) is 13.2 Å². The summed E-state index contributed by atoms with van der Waals surface area (Å²) in [4.78, 5) is 0. The third kappa shape index (κ3) is 5.29. The Labute approximate surface area is 103 Å². The Morgan fingerprint density at radius 1 is 1.12 bits per heavy atom. The Hall–Kier alpha value is -0.240. The van der Waals surface area contributed by atoms with Gasteiger partial charge < -0.3 is 23.7 Å².